The van der Waals surface area contributed by atoms with E-state index in [2.05, 4.69) is 19.7 Å². The number of para-hydroxylation sites is 1. The van der Waals surface area contributed by atoms with Gasteiger partial charge in [0.2, 0.25) is 0 Å². The molecule has 3 N–H and O–H groups in total. The minimum Gasteiger partial charge on any atom is -0.504 e. The molecule has 176 valence electrons. The number of nitrogens with zero attached hydrogens (tertiary/aromatic N) is 4. The Morgan fingerprint density at radius 1 is 1.20 bits per heavy atom. The van der Waals surface area contributed by atoms with E-state index in [1.54, 1.807) is 25.1 Å². The van der Waals surface area contributed by atoms with E-state index in [0.717, 1.165) is 23.5 Å². The van der Waals surface area contributed by atoms with Gasteiger partial charge in [0.25, 0.3) is 0 Å². The van der Waals surface area contributed by atoms with Crippen LogP contribution >= 0.6 is 11.3 Å². The predicted octanol–water partition coefficient (Wildman–Crippen LogP) is 4.96. The van der Waals surface area contributed by atoms with Crippen LogP contribution in [-0.2, 0) is 11.0 Å². The summed E-state index contributed by atoms with van der Waals surface area (Å²) in [6, 6.07) is 11.2. The number of halogens is 2. The van der Waals surface area contributed by atoms with Crippen molar-refractivity contribution in [1.82, 2.24) is 9.97 Å². The van der Waals surface area contributed by atoms with Crippen LogP contribution in [0.15, 0.2) is 58.7 Å². The summed E-state index contributed by atoms with van der Waals surface area (Å²) in [6.45, 7) is 1.68. The third kappa shape index (κ3) is 5.16. The van der Waals surface area contributed by atoms with Crippen LogP contribution in [0.2, 0.25) is 0 Å². The second-order valence-corrected chi connectivity index (χ2v) is 9.22. The smallest absolute Gasteiger partial charge is 0.196 e. The Hall–Kier alpha value is -4.21. The number of aromatic nitrogens is 2. The molecule has 0 bridgehead atoms. The number of hydrogen-bond acceptors (Lipinski definition) is 8. The largest absolute Gasteiger partial charge is 0.504 e. The Balaban J connectivity index is 1.54. The van der Waals surface area contributed by atoms with Crippen molar-refractivity contribution in [3.05, 3.63) is 76.3 Å². The van der Waals surface area contributed by atoms with Crippen LogP contribution in [0.1, 0.15) is 16.0 Å². The number of benzene rings is 2. The van der Waals surface area contributed by atoms with Crippen LogP contribution in [-0.4, -0.2) is 30.6 Å². The number of aryl methyl sites for hydroxylation is 1. The molecule has 0 radical (unpaired) electrons. The summed E-state index contributed by atoms with van der Waals surface area (Å²) in [4.78, 5) is 12.8. The maximum Gasteiger partial charge on any atom is 0.196 e. The minimum atomic E-state index is -1.84. The Bertz CT molecular complexity index is 1530. The molecule has 1 unspecified atom stereocenters. The second-order valence-electron chi connectivity index (χ2n) is 7.10. The molecular formula is C23H15F2N5O3S2. The van der Waals surface area contributed by atoms with Gasteiger partial charge in [-0.2, -0.15) is 5.26 Å². The third-order valence-electron chi connectivity index (χ3n) is 4.69. The van der Waals surface area contributed by atoms with E-state index in [4.69, 9.17) is 0 Å². The maximum atomic E-state index is 13.6. The number of nitriles is 1. The SMILES string of the molecule is Cc1cc(N=Cc2cccc(O)c2O)cnc1S(=O)Nc1nc(-c2ccc(F)c(F)c2)c(C#N)s1. The molecule has 0 amide bonds. The van der Waals surface area contributed by atoms with Crippen LogP contribution in [0.3, 0.4) is 0 Å². The molecule has 1 atom stereocenters. The number of rotatable bonds is 6. The number of anilines is 1. The molecule has 4 aromatic rings. The van der Waals surface area contributed by atoms with E-state index in [1.165, 1.54) is 24.5 Å². The van der Waals surface area contributed by atoms with Crippen LogP contribution in [0.25, 0.3) is 11.3 Å². The van der Waals surface area contributed by atoms with Crippen molar-refractivity contribution in [1.29, 1.82) is 5.26 Å². The highest BCUT2D eigenvalue weighted by Gasteiger charge is 2.18. The van der Waals surface area contributed by atoms with E-state index in [9.17, 15) is 28.5 Å². The normalized spacial score (nSPS) is 11.9. The summed E-state index contributed by atoms with van der Waals surface area (Å²) in [5, 5.41) is 29.2. The lowest BCUT2D eigenvalue weighted by Gasteiger charge is -2.06. The Labute approximate surface area is 204 Å². The highest BCUT2D eigenvalue weighted by molar-refractivity contribution is 7.86. The summed E-state index contributed by atoms with van der Waals surface area (Å²) in [6.07, 6.45) is 2.74. The van der Waals surface area contributed by atoms with E-state index >= 15 is 0 Å². The van der Waals surface area contributed by atoms with Gasteiger partial charge in [0, 0.05) is 17.3 Å². The standard InChI is InChI=1S/C23H15F2N5O3S2/c1-12-7-15(27-10-14-3-2-4-18(31)21(14)32)11-28-22(12)35(33)30-23-29-20(19(9-26)34-23)13-5-6-16(24)17(25)8-13/h2-8,10-11,31-32H,1H3,(H,29,30). The van der Waals surface area contributed by atoms with E-state index in [-0.39, 0.29) is 37.8 Å². The van der Waals surface area contributed by atoms with Gasteiger partial charge in [-0.25, -0.2) is 23.0 Å². The van der Waals surface area contributed by atoms with Gasteiger partial charge in [-0.05, 0) is 48.9 Å². The number of thiazole rings is 1. The zero-order valence-corrected chi connectivity index (χ0v) is 19.5. The highest BCUT2D eigenvalue weighted by Crippen LogP contribution is 2.32. The number of phenols is 2. The number of nitrogens with one attached hydrogen (secondary N) is 1. The van der Waals surface area contributed by atoms with Gasteiger partial charge >= 0.3 is 0 Å². The second kappa shape index (κ2) is 9.96. The first-order valence-electron chi connectivity index (χ1n) is 9.83. The summed E-state index contributed by atoms with van der Waals surface area (Å²) < 4.78 is 42.4. The molecule has 0 fully saturated rings. The first kappa shape index (κ1) is 23.9. The van der Waals surface area contributed by atoms with Crippen molar-refractivity contribution in [2.45, 2.75) is 11.9 Å². The molecule has 2 heterocycles. The lowest BCUT2D eigenvalue weighted by Crippen LogP contribution is -2.08. The molecule has 4 rings (SSSR count). The summed E-state index contributed by atoms with van der Waals surface area (Å²) in [7, 11) is -1.84. The average Bonchev–Trinajstić information content (AvgIpc) is 3.24. The van der Waals surface area contributed by atoms with Crippen molar-refractivity contribution in [3.63, 3.8) is 0 Å². The maximum absolute atomic E-state index is 13.6. The molecule has 12 heteroatoms. The van der Waals surface area contributed by atoms with Gasteiger partial charge in [-0.15, -0.1) is 0 Å². The molecule has 2 aromatic heterocycles. The Morgan fingerprint density at radius 3 is 2.71 bits per heavy atom. The number of hydrogen-bond donors (Lipinski definition) is 3. The number of aliphatic imine (C=N–C) groups is 1. The quantitative estimate of drug-likeness (QED) is 0.248. The third-order valence-corrected chi connectivity index (χ3v) is 6.85. The zero-order chi connectivity index (χ0) is 25.1. The molecular weight excluding hydrogens is 496 g/mol. The zero-order valence-electron chi connectivity index (χ0n) is 17.9. The van der Waals surface area contributed by atoms with Crippen molar-refractivity contribution in [2.24, 2.45) is 4.99 Å². The lowest BCUT2D eigenvalue weighted by molar-refractivity contribution is 0.403. The monoisotopic (exact) mass is 511 g/mol. The van der Waals surface area contributed by atoms with E-state index < -0.39 is 22.6 Å². The summed E-state index contributed by atoms with van der Waals surface area (Å²) >= 11 is 0.917. The molecule has 35 heavy (non-hydrogen) atoms. The minimum absolute atomic E-state index is 0.139. The molecule has 2 aromatic carbocycles. The average molecular weight is 512 g/mol. The summed E-state index contributed by atoms with van der Waals surface area (Å²) in [5.74, 6) is -2.66. The Kier molecular flexibility index (Phi) is 6.81. The fourth-order valence-corrected chi connectivity index (χ4v) is 4.85. The topological polar surface area (TPSA) is 131 Å². The molecule has 0 aliphatic heterocycles. The van der Waals surface area contributed by atoms with Crippen molar-refractivity contribution < 1.29 is 23.2 Å². The fourth-order valence-electron chi connectivity index (χ4n) is 3.02. The molecule has 0 spiro atoms. The van der Waals surface area contributed by atoms with Gasteiger partial charge in [0.15, 0.2) is 44.3 Å². The molecule has 0 aliphatic rings. The number of aromatic hydroxyl groups is 2. The number of phenolic OH excluding ortho intramolecular Hbond substituents is 2. The van der Waals surface area contributed by atoms with Gasteiger partial charge in [-0.3, -0.25) is 9.71 Å². The van der Waals surface area contributed by atoms with Crippen LogP contribution in [0.5, 0.6) is 11.5 Å². The first-order valence-corrected chi connectivity index (χ1v) is 11.8. The molecule has 0 saturated heterocycles. The number of pyridine rings is 1. The van der Waals surface area contributed by atoms with E-state index in [1.807, 2.05) is 6.07 Å². The lowest BCUT2D eigenvalue weighted by atomic mass is 10.1. The Morgan fingerprint density at radius 2 is 2.00 bits per heavy atom. The van der Waals surface area contributed by atoms with E-state index in [0.29, 0.717) is 16.8 Å². The van der Waals surface area contributed by atoms with Crippen molar-refractivity contribution in [2.75, 3.05) is 4.72 Å². The fraction of sp³-hybridized carbons (Fsp3) is 0.0435. The van der Waals surface area contributed by atoms with Crippen molar-refractivity contribution in [3.8, 4) is 28.8 Å². The van der Waals surface area contributed by atoms with Gasteiger partial charge < -0.3 is 10.2 Å². The van der Waals surface area contributed by atoms with Gasteiger partial charge in [0.1, 0.15) is 16.6 Å². The molecule has 0 saturated carbocycles. The van der Waals surface area contributed by atoms with Gasteiger partial charge in [0.05, 0.1) is 11.9 Å². The molecule has 0 aliphatic carbocycles. The van der Waals surface area contributed by atoms with Gasteiger partial charge in [-0.1, -0.05) is 17.4 Å². The van der Waals surface area contributed by atoms with Crippen LogP contribution < -0.4 is 4.72 Å². The van der Waals surface area contributed by atoms with Crippen molar-refractivity contribution >= 4 is 39.4 Å². The first-order chi connectivity index (χ1) is 16.8. The summed E-state index contributed by atoms with van der Waals surface area (Å²) in [5.41, 5.74) is 1.63. The molecule has 8 nitrogen and oxygen atoms in total. The highest BCUT2D eigenvalue weighted by atomic mass is 32.2. The predicted molar refractivity (Wildman–Crippen MR) is 128 cm³/mol. The van der Waals surface area contributed by atoms with Crippen LogP contribution in [0.4, 0.5) is 19.6 Å². The van der Waals surface area contributed by atoms with Crippen LogP contribution in [0, 0.1) is 29.9 Å².